The van der Waals surface area contributed by atoms with E-state index in [1.54, 1.807) is 0 Å². The van der Waals surface area contributed by atoms with Gasteiger partial charge in [0.05, 0.1) is 5.69 Å². The Labute approximate surface area is 78.0 Å². The molecule has 4 nitrogen and oxygen atoms in total. The lowest BCUT2D eigenvalue weighted by atomic mass is 10.2. The van der Waals surface area contributed by atoms with Crippen molar-refractivity contribution >= 4 is 0 Å². The molecule has 0 aliphatic carbocycles. The summed E-state index contributed by atoms with van der Waals surface area (Å²) in [5.74, 6) is -0.845. The average Bonchev–Trinajstić information content (AvgIpc) is 2.12. The van der Waals surface area contributed by atoms with Gasteiger partial charge in [-0.25, -0.2) is 8.78 Å². The number of aromatic nitrogens is 1. The molecule has 1 aromatic rings. The number of halogens is 2. The molecule has 78 valence electrons. The molecule has 0 amide bonds. The first kappa shape index (κ1) is 10.6. The lowest BCUT2D eigenvalue weighted by Gasteiger charge is -2.15. The first-order valence-corrected chi connectivity index (χ1v) is 3.80. The van der Waals surface area contributed by atoms with Gasteiger partial charge in [-0.15, -0.1) is 0 Å². The summed E-state index contributed by atoms with van der Waals surface area (Å²) < 4.78 is 25.3. The van der Waals surface area contributed by atoms with Gasteiger partial charge in [-0.3, -0.25) is 4.79 Å². The third kappa shape index (κ3) is 1.74. The van der Waals surface area contributed by atoms with Crippen molar-refractivity contribution < 1.29 is 19.0 Å². The molecule has 0 saturated heterocycles. The molecule has 6 heteroatoms. The first-order valence-electron chi connectivity index (χ1n) is 3.80. The molecule has 1 heterocycles. The quantitative estimate of drug-likeness (QED) is 0.734. The molecule has 2 N–H and O–H groups in total. The van der Waals surface area contributed by atoms with Gasteiger partial charge in [0.15, 0.2) is 11.9 Å². The minimum atomic E-state index is -3.05. The first-order chi connectivity index (χ1) is 6.45. The lowest BCUT2D eigenvalue weighted by Crippen LogP contribution is -2.18. The molecule has 1 atom stereocenters. The molecule has 0 bridgehead atoms. The number of aromatic hydroxyl groups is 1. The molecule has 0 fully saturated rings. The predicted molar refractivity (Wildman–Crippen MR) is 44.3 cm³/mol. The van der Waals surface area contributed by atoms with E-state index in [4.69, 9.17) is 5.11 Å². The molecule has 0 aliphatic heterocycles. The fourth-order valence-corrected chi connectivity index (χ4v) is 1.10. The van der Waals surface area contributed by atoms with Crippen molar-refractivity contribution in [1.29, 1.82) is 0 Å². The summed E-state index contributed by atoms with van der Waals surface area (Å²) in [6.07, 6.45) is -4.01. The smallest absolute Gasteiger partial charge is 0.269 e. The lowest BCUT2D eigenvalue weighted by molar-refractivity contribution is -0.0115. The van der Waals surface area contributed by atoms with Crippen LogP contribution in [0.4, 0.5) is 8.78 Å². The zero-order chi connectivity index (χ0) is 10.9. The van der Waals surface area contributed by atoms with Crippen LogP contribution in [0.2, 0.25) is 0 Å². The maximum Gasteiger partial charge on any atom is 0.269 e. The summed E-state index contributed by atoms with van der Waals surface area (Å²) in [6.45, 7) is 0. The molecular formula is C8H9F2NO3. The minimum Gasteiger partial charge on any atom is -0.503 e. The van der Waals surface area contributed by atoms with Gasteiger partial charge in [0.2, 0.25) is 5.43 Å². The summed E-state index contributed by atoms with van der Waals surface area (Å²) >= 11 is 0. The highest BCUT2D eigenvalue weighted by molar-refractivity contribution is 5.28. The second kappa shape index (κ2) is 3.75. The molecule has 0 spiro atoms. The number of aryl methyl sites for hydroxylation is 1. The minimum absolute atomic E-state index is 0.479. The highest BCUT2D eigenvalue weighted by atomic mass is 19.3. The standard InChI is InChI=1S/C8H9F2NO3/c1-11-3-2-4(12)6(13)5(11)7(14)8(9)10/h2-3,7-8,13-14H,1H3. The molecule has 0 aromatic carbocycles. The SMILES string of the molecule is Cn1ccc(=O)c(O)c1C(O)C(F)F. The van der Waals surface area contributed by atoms with E-state index in [0.717, 1.165) is 10.6 Å². The Morgan fingerprint density at radius 2 is 2.07 bits per heavy atom. The summed E-state index contributed by atoms with van der Waals surface area (Å²) in [4.78, 5) is 10.9. The highest BCUT2D eigenvalue weighted by Gasteiger charge is 2.25. The van der Waals surface area contributed by atoms with E-state index in [9.17, 15) is 18.7 Å². The maximum atomic E-state index is 12.1. The van der Waals surface area contributed by atoms with Crippen LogP contribution in [-0.4, -0.2) is 21.2 Å². The van der Waals surface area contributed by atoms with Crippen LogP contribution >= 0.6 is 0 Å². The van der Waals surface area contributed by atoms with E-state index in [-0.39, 0.29) is 0 Å². The molecule has 1 unspecified atom stereocenters. The third-order valence-corrected chi connectivity index (χ3v) is 1.82. The van der Waals surface area contributed by atoms with Gasteiger partial charge in [0.25, 0.3) is 6.43 Å². The van der Waals surface area contributed by atoms with Crippen LogP contribution in [0.25, 0.3) is 0 Å². The maximum absolute atomic E-state index is 12.1. The van der Waals surface area contributed by atoms with Crippen molar-refractivity contribution in [3.63, 3.8) is 0 Å². The Balaban J connectivity index is 3.32. The van der Waals surface area contributed by atoms with Crippen LogP contribution < -0.4 is 5.43 Å². The Morgan fingerprint density at radius 1 is 1.50 bits per heavy atom. The number of hydrogen-bond acceptors (Lipinski definition) is 3. The largest absolute Gasteiger partial charge is 0.503 e. The number of nitrogens with zero attached hydrogens (tertiary/aromatic N) is 1. The van der Waals surface area contributed by atoms with Crippen molar-refractivity contribution in [1.82, 2.24) is 4.57 Å². The van der Waals surface area contributed by atoms with E-state index in [1.165, 1.54) is 13.2 Å². The van der Waals surface area contributed by atoms with Crippen molar-refractivity contribution in [3.05, 3.63) is 28.2 Å². The summed E-state index contributed by atoms with van der Waals surface area (Å²) in [5.41, 5.74) is -1.27. The van der Waals surface area contributed by atoms with Crippen molar-refractivity contribution in [2.45, 2.75) is 12.5 Å². The number of alkyl halides is 2. The predicted octanol–water partition coefficient (Wildman–Crippen LogP) is 0.389. The highest BCUT2D eigenvalue weighted by Crippen LogP contribution is 2.24. The molecular weight excluding hydrogens is 196 g/mol. The molecule has 1 aromatic heterocycles. The van der Waals surface area contributed by atoms with E-state index < -0.39 is 29.4 Å². The van der Waals surface area contributed by atoms with Crippen LogP contribution in [0.3, 0.4) is 0 Å². The van der Waals surface area contributed by atoms with E-state index in [1.807, 2.05) is 0 Å². The monoisotopic (exact) mass is 205 g/mol. The normalized spacial score (nSPS) is 13.2. The Kier molecular flexibility index (Phi) is 2.85. The molecule has 0 aliphatic rings. The molecule has 14 heavy (non-hydrogen) atoms. The third-order valence-electron chi connectivity index (χ3n) is 1.82. The van der Waals surface area contributed by atoms with E-state index in [2.05, 4.69) is 0 Å². The zero-order valence-electron chi connectivity index (χ0n) is 7.32. The van der Waals surface area contributed by atoms with Crippen LogP contribution in [0.15, 0.2) is 17.1 Å². The van der Waals surface area contributed by atoms with Crippen molar-refractivity contribution in [3.8, 4) is 5.75 Å². The Bertz CT molecular complexity index is 389. The number of rotatable bonds is 2. The number of aliphatic hydroxyl groups is 1. The fourth-order valence-electron chi connectivity index (χ4n) is 1.10. The molecule has 1 rings (SSSR count). The summed E-state index contributed by atoms with van der Waals surface area (Å²) in [6, 6.07) is 1.02. The topological polar surface area (TPSA) is 62.5 Å². The Morgan fingerprint density at radius 3 is 2.57 bits per heavy atom. The molecule has 0 radical (unpaired) electrons. The Hall–Kier alpha value is -1.43. The van der Waals surface area contributed by atoms with Crippen LogP contribution in [-0.2, 0) is 7.05 Å². The van der Waals surface area contributed by atoms with Gasteiger partial charge < -0.3 is 14.8 Å². The summed E-state index contributed by atoms with van der Waals surface area (Å²) in [5, 5.41) is 18.2. The molecule has 0 saturated carbocycles. The number of hydrogen-bond donors (Lipinski definition) is 2. The zero-order valence-corrected chi connectivity index (χ0v) is 7.32. The van der Waals surface area contributed by atoms with Gasteiger partial charge in [0.1, 0.15) is 0 Å². The van der Waals surface area contributed by atoms with Gasteiger partial charge >= 0.3 is 0 Å². The summed E-state index contributed by atoms with van der Waals surface area (Å²) in [7, 11) is 1.35. The average molecular weight is 205 g/mol. The van der Waals surface area contributed by atoms with Crippen molar-refractivity contribution in [2.75, 3.05) is 0 Å². The van der Waals surface area contributed by atoms with Gasteiger partial charge in [0, 0.05) is 19.3 Å². The van der Waals surface area contributed by atoms with Gasteiger partial charge in [-0.1, -0.05) is 0 Å². The fraction of sp³-hybridized carbons (Fsp3) is 0.375. The van der Waals surface area contributed by atoms with Crippen LogP contribution in [0.5, 0.6) is 5.75 Å². The van der Waals surface area contributed by atoms with Crippen molar-refractivity contribution in [2.24, 2.45) is 7.05 Å². The second-order valence-electron chi connectivity index (χ2n) is 2.80. The van der Waals surface area contributed by atoms with E-state index in [0.29, 0.717) is 0 Å². The van der Waals surface area contributed by atoms with Crippen LogP contribution in [0.1, 0.15) is 11.8 Å². The van der Waals surface area contributed by atoms with Gasteiger partial charge in [-0.05, 0) is 0 Å². The van der Waals surface area contributed by atoms with Crippen LogP contribution in [0, 0.1) is 0 Å². The van der Waals surface area contributed by atoms with E-state index >= 15 is 0 Å². The number of pyridine rings is 1. The number of aliphatic hydroxyl groups excluding tert-OH is 1. The van der Waals surface area contributed by atoms with Gasteiger partial charge in [-0.2, -0.15) is 0 Å². The second-order valence-corrected chi connectivity index (χ2v) is 2.80.